The number of carbonyl (C=O) groups excluding carboxylic acids is 10. The molecule has 3 rings (SSSR count). The van der Waals surface area contributed by atoms with Crippen LogP contribution in [0.1, 0.15) is 109 Å². The number of nitrogens with two attached hydrogens (primary N) is 1. The van der Waals surface area contributed by atoms with E-state index in [-0.39, 0.29) is 62.3 Å². The van der Waals surface area contributed by atoms with Gasteiger partial charge in [0.25, 0.3) is 0 Å². The summed E-state index contributed by atoms with van der Waals surface area (Å²) in [7, 11) is -4.92. The number of carboxylic acids is 4. The maximum atomic E-state index is 14.4. The van der Waals surface area contributed by atoms with E-state index in [1.165, 1.54) is 12.1 Å². The van der Waals surface area contributed by atoms with Gasteiger partial charge in [-0.1, -0.05) is 76.6 Å². The van der Waals surface area contributed by atoms with Crippen molar-refractivity contribution >= 4 is 93.7 Å². The van der Waals surface area contributed by atoms with Crippen molar-refractivity contribution in [3.63, 3.8) is 0 Å². The van der Waals surface area contributed by atoms with Gasteiger partial charge in [-0.3, -0.25) is 66.9 Å². The number of hydrogen-bond donors (Lipinski definition) is 14. The molecule has 0 radical (unpaired) electrons. The first-order valence-corrected chi connectivity index (χ1v) is 29.7. The van der Waals surface area contributed by atoms with Crippen LogP contribution in [0.4, 0.5) is 0 Å². The zero-order chi connectivity index (χ0) is 66.7. The molecule has 490 valence electrons. The first-order valence-electron chi connectivity index (χ1n) is 28.4. The van der Waals surface area contributed by atoms with Gasteiger partial charge in [0.15, 0.2) is 0 Å². The maximum absolute atomic E-state index is 14.4. The molecule has 1 heterocycles. The number of amides is 9. The number of rotatable bonds is 39. The third-order valence-electron chi connectivity index (χ3n) is 14.0. The molecule has 10 atom stereocenters. The molecule has 1 fully saturated rings. The molecule has 0 bridgehead atoms. The third-order valence-corrected chi connectivity index (χ3v) is 14.4. The minimum absolute atomic E-state index is 0.0118. The van der Waals surface area contributed by atoms with Gasteiger partial charge in [0.2, 0.25) is 53.2 Å². The fourth-order valence-corrected chi connectivity index (χ4v) is 9.53. The Bertz CT molecular complexity index is 2970. The molecule has 1 aliphatic heterocycles. The zero-order valence-corrected chi connectivity index (χ0v) is 50.2. The lowest BCUT2D eigenvalue weighted by atomic mass is 9.97. The second-order valence-corrected chi connectivity index (χ2v) is 22.6. The summed E-state index contributed by atoms with van der Waals surface area (Å²) in [6, 6.07) is -0.597. The van der Waals surface area contributed by atoms with E-state index in [4.69, 9.17) is 15.4 Å². The number of carbonyl (C=O) groups is 14. The summed E-state index contributed by atoms with van der Waals surface area (Å²) in [4.78, 5) is 184. The van der Waals surface area contributed by atoms with Gasteiger partial charge in [-0.05, 0) is 73.6 Å². The Hall–Kier alpha value is -9.11. The van der Waals surface area contributed by atoms with Crippen molar-refractivity contribution < 1.29 is 105 Å². The van der Waals surface area contributed by atoms with Crippen molar-refractivity contribution in [1.82, 2.24) is 47.4 Å². The molecule has 0 saturated carbocycles. The Morgan fingerprint density at radius 1 is 0.629 bits per heavy atom. The molecule has 89 heavy (non-hydrogen) atoms. The largest absolute Gasteiger partial charge is 0.481 e. The molecule has 0 aromatic heterocycles. The first kappa shape index (κ1) is 74.1. The number of benzene rings is 2. The fourth-order valence-electron chi connectivity index (χ4n) is 9.18. The summed E-state index contributed by atoms with van der Waals surface area (Å²) < 4.78 is 36.0. The standard InChI is InChI=1S/C56H78N10O22S/c1-5-31(4)48(65-43(68)28-58-50(78)37(17-20-44(69)70)60-54(82)41(25-32-10-7-6-8-11-32)63-49(77)36(57)27-47(75)76)56(84)66-23-9-12-42(66)55(83)62-39(19-22-46(73)74)51(79)61-38(18-21-45(71)72)52(80)64-40(53(81)59-34(29-67)24-30(2)3)26-33-13-15-35(16-14-33)88-89(85,86)87/h6-8,10-11,13-16,29-31,34,36-42,48H,5,9,12,17-28,57H2,1-4H3,(H,58,78)(H,59,81)(H,60,82)(H,61,79)(H,62,83)(H,63,77)(H,64,80)(H,65,68)(H,69,70)(H,71,72)(H,73,74)(H,75,76)(H,85,86,87)/t31-,34-,36-,37-,38-,39-,40-,41-,42-,48-/m0/s1. The highest BCUT2D eigenvalue weighted by atomic mass is 32.3. The Balaban J connectivity index is 1.85. The number of aliphatic carboxylic acids is 4. The van der Waals surface area contributed by atoms with Crippen molar-refractivity contribution in [2.75, 3.05) is 13.1 Å². The lowest BCUT2D eigenvalue weighted by Crippen LogP contribution is -2.60. The lowest BCUT2D eigenvalue weighted by molar-refractivity contribution is -0.143. The van der Waals surface area contributed by atoms with E-state index in [1.807, 2.05) is 0 Å². The van der Waals surface area contributed by atoms with Gasteiger partial charge < -0.3 is 82.6 Å². The molecule has 15 N–H and O–H groups in total. The van der Waals surface area contributed by atoms with Crippen molar-refractivity contribution in [2.24, 2.45) is 17.6 Å². The highest BCUT2D eigenvalue weighted by Crippen LogP contribution is 2.23. The van der Waals surface area contributed by atoms with Crippen LogP contribution in [0.2, 0.25) is 0 Å². The van der Waals surface area contributed by atoms with E-state index in [1.54, 1.807) is 58.0 Å². The van der Waals surface area contributed by atoms with E-state index < -0.39 is 199 Å². The molecule has 0 spiro atoms. The number of nitrogens with zero attached hydrogens (tertiary/aromatic N) is 1. The molecule has 33 heteroatoms. The van der Waals surface area contributed by atoms with E-state index in [0.717, 1.165) is 17.0 Å². The average molecular weight is 1280 g/mol. The van der Waals surface area contributed by atoms with Crippen molar-refractivity contribution in [3.8, 4) is 5.75 Å². The molecule has 2 aromatic carbocycles. The summed E-state index contributed by atoms with van der Waals surface area (Å²) in [5.41, 5.74) is 6.50. The van der Waals surface area contributed by atoms with Crippen LogP contribution < -0.4 is 52.5 Å². The molecule has 32 nitrogen and oxygen atoms in total. The van der Waals surface area contributed by atoms with Gasteiger partial charge in [-0.25, -0.2) is 0 Å². The van der Waals surface area contributed by atoms with Gasteiger partial charge in [0.05, 0.1) is 25.0 Å². The maximum Gasteiger partial charge on any atom is 0.446 e. The summed E-state index contributed by atoms with van der Waals surface area (Å²) in [6.07, 6.45) is -4.15. The van der Waals surface area contributed by atoms with Crippen LogP contribution in [-0.2, 0) is 90.4 Å². The second-order valence-electron chi connectivity index (χ2n) is 21.6. The number of aldehydes is 1. The van der Waals surface area contributed by atoms with Crippen LogP contribution in [0.25, 0.3) is 0 Å². The second kappa shape index (κ2) is 36.3. The van der Waals surface area contributed by atoms with E-state index in [2.05, 4.69) is 46.7 Å². The van der Waals surface area contributed by atoms with Gasteiger partial charge >= 0.3 is 34.3 Å². The van der Waals surface area contributed by atoms with Gasteiger partial charge in [0, 0.05) is 38.6 Å². The molecule has 2 aromatic rings. The van der Waals surface area contributed by atoms with Crippen molar-refractivity contribution in [1.29, 1.82) is 0 Å². The molecule has 9 amide bonds. The minimum Gasteiger partial charge on any atom is -0.481 e. The number of nitrogens with one attached hydrogen (secondary N) is 8. The fraction of sp³-hybridized carbons (Fsp3) is 0.536. The quantitative estimate of drug-likeness (QED) is 0.0250. The Labute approximate surface area is 511 Å². The summed E-state index contributed by atoms with van der Waals surface area (Å²) >= 11 is 0. The predicted molar refractivity (Wildman–Crippen MR) is 310 cm³/mol. The van der Waals surface area contributed by atoms with E-state index in [0.29, 0.717) is 11.8 Å². The monoisotopic (exact) mass is 1270 g/mol. The molecule has 1 saturated heterocycles. The van der Waals surface area contributed by atoms with Crippen molar-refractivity contribution in [2.45, 2.75) is 166 Å². The third kappa shape index (κ3) is 26.8. The molecule has 0 unspecified atom stereocenters. The predicted octanol–water partition coefficient (Wildman–Crippen LogP) is -2.16. The van der Waals surface area contributed by atoms with E-state index >= 15 is 0 Å². The van der Waals surface area contributed by atoms with Crippen LogP contribution in [0, 0.1) is 11.8 Å². The first-order chi connectivity index (χ1) is 41.8. The van der Waals surface area contributed by atoms with Gasteiger partial charge in [-0.2, -0.15) is 8.42 Å². The normalized spacial score (nSPS) is 15.9. The van der Waals surface area contributed by atoms with Gasteiger partial charge in [-0.15, -0.1) is 0 Å². The highest BCUT2D eigenvalue weighted by molar-refractivity contribution is 7.81. The lowest BCUT2D eigenvalue weighted by Gasteiger charge is -2.32. The molecular formula is C56H78N10O22S. The number of likely N-dealkylation sites (tertiary alicyclic amines) is 1. The smallest absolute Gasteiger partial charge is 0.446 e. The number of hydrogen-bond acceptors (Lipinski definition) is 18. The number of carboxylic acid groups (broad SMARTS) is 4. The minimum atomic E-state index is -4.92. The molecule has 0 aliphatic carbocycles. The van der Waals surface area contributed by atoms with Crippen molar-refractivity contribution in [3.05, 3.63) is 65.7 Å². The summed E-state index contributed by atoms with van der Waals surface area (Å²) in [5.74, 6) is -15.8. The van der Waals surface area contributed by atoms with Crippen LogP contribution in [0.15, 0.2) is 54.6 Å². The van der Waals surface area contributed by atoms with Crippen LogP contribution >= 0.6 is 0 Å². The zero-order valence-electron chi connectivity index (χ0n) is 49.3. The van der Waals surface area contributed by atoms with Gasteiger partial charge in [0.1, 0.15) is 54.3 Å². The Morgan fingerprint density at radius 2 is 1.10 bits per heavy atom. The van der Waals surface area contributed by atoms with Crippen LogP contribution in [0.5, 0.6) is 5.75 Å². The van der Waals surface area contributed by atoms with E-state index in [9.17, 15) is 90.9 Å². The van der Waals surface area contributed by atoms with Crippen LogP contribution in [0.3, 0.4) is 0 Å². The Kier molecular flexibility index (Phi) is 30.2. The molecule has 1 aliphatic rings. The Morgan fingerprint density at radius 3 is 1.58 bits per heavy atom. The molecular weight excluding hydrogens is 1200 g/mol. The summed E-state index contributed by atoms with van der Waals surface area (Å²) in [6.45, 7) is 5.91. The topological polar surface area (TPSA) is 509 Å². The summed E-state index contributed by atoms with van der Waals surface area (Å²) in [5, 5.41) is 57.2. The average Bonchev–Trinajstić information content (AvgIpc) is 2.51. The highest BCUT2D eigenvalue weighted by Gasteiger charge is 2.41. The SMILES string of the molecule is CC[C@H](C)[C@H](NC(=O)CNC(=O)[C@H](CCC(=O)O)NC(=O)[C@H](Cc1ccccc1)NC(=O)[C@@H](N)CC(=O)O)C(=O)N1CCC[C@H]1C(=O)N[C@@H](CCC(=O)O)C(=O)N[C@@H](CCC(=O)O)C(=O)N[C@@H](Cc1ccc(OS(=O)(=O)O)cc1)C(=O)N[C@H](C=O)CC(C)C. The van der Waals surface area contributed by atoms with Crippen LogP contribution in [-0.4, -0.2) is 189 Å².